The van der Waals surface area contributed by atoms with Crippen LogP contribution in [0.25, 0.3) is 0 Å². The number of likely N-dealkylation sites (tertiary alicyclic amines) is 1. The molecule has 0 saturated carbocycles. The van der Waals surface area contributed by atoms with Crippen LogP contribution in [-0.2, 0) is 14.8 Å². The van der Waals surface area contributed by atoms with Gasteiger partial charge in [-0.15, -0.1) is 0 Å². The number of hydrogen-bond acceptors (Lipinski definition) is 3. The van der Waals surface area contributed by atoms with Gasteiger partial charge in [0.1, 0.15) is 0 Å². The molecular formula is C17H21ClN2O3S. The number of hydrogen-bond donors (Lipinski definition) is 0. The molecule has 24 heavy (non-hydrogen) atoms. The lowest BCUT2D eigenvalue weighted by atomic mass is 9.79. The van der Waals surface area contributed by atoms with Crippen molar-refractivity contribution >= 4 is 27.5 Å². The number of halogens is 1. The van der Waals surface area contributed by atoms with Crippen molar-refractivity contribution in [3.63, 3.8) is 0 Å². The highest BCUT2D eigenvalue weighted by molar-refractivity contribution is 7.89. The molecule has 3 rings (SSSR count). The Morgan fingerprint density at radius 2 is 1.88 bits per heavy atom. The molecule has 2 saturated heterocycles. The van der Waals surface area contributed by atoms with E-state index in [-0.39, 0.29) is 16.3 Å². The van der Waals surface area contributed by atoms with E-state index in [4.69, 9.17) is 11.6 Å². The van der Waals surface area contributed by atoms with Crippen LogP contribution in [0.5, 0.6) is 0 Å². The number of piperidine rings is 1. The van der Waals surface area contributed by atoms with E-state index in [0.29, 0.717) is 37.5 Å². The minimum Gasteiger partial charge on any atom is -0.339 e. The topological polar surface area (TPSA) is 57.7 Å². The first-order valence-corrected chi connectivity index (χ1v) is 9.82. The Morgan fingerprint density at radius 3 is 2.38 bits per heavy atom. The summed E-state index contributed by atoms with van der Waals surface area (Å²) in [6.07, 6.45) is 3.46. The highest BCUT2D eigenvalue weighted by atomic mass is 35.5. The zero-order chi connectivity index (χ0) is 17.5. The lowest BCUT2D eigenvalue weighted by Crippen LogP contribution is -2.65. The minimum atomic E-state index is -3.57. The highest BCUT2D eigenvalue weighted by Gasteiger charge is 2.52. The molecule has 1 aromatic carbocycles. The Balaban J connectivity index is 1.81. The third-order valence-electron chi connectivity index (χ3n) is 5.22. The molecule has 0 unspecified atom stereocenters. The lowest BCUT2D eigenvalue weighted by molar-refractivity contribution is -0.129. The van der Waals surface area contributed by atoms with Crippen molar-refractivity contribution in [2.24, 2.45) is 0 Å². The van der Waals surface area contributed by atoms with E-state index < -0.39 is 10.0 Å². The van der Waals surface area contributed by atoms with E-state index in [2.05, 4.69) is 6.58 Å². The molecule has 1 amide bonds. The van der Waals surface area contributed by atoms with E-state index in [1.807, 2.05) is 6.92 Å². The second-order valence-corrected chi connectivity index (χ2v) is 8.76. The first kappa shape index (κ1) is 17.5. The van der Waals surface area contributed by atoms with Crippen molar-refractivity contribution in [2.45, 2.75) is 36.6 Å². The SMILES string of the molecule is C=CC(=O)N1CCC2(CC1)CCN2S(=O)(=O)c1ccc(C)c(Cl)c1. The van der Waals surface area contributed by atoms with Crippen LogP contribution in [0.15, 0.2) is 35.7 Å². The fourth-order valence-electron chi connectivity index (χ4n) is 3.53. The van der Waals surface area contributed by atoms with Crippen LogP contribution in [0.3, 0.4) is 0 Å². The molecule has 0 atom stereocenters. The Labute approximate surface area is 147 Å². The van der Waals surface area contributed by atoms with Crippen LogP contribution in [0, 0.1) is 6.92 Å². The molecular weight excluding hydrogens is 348 g/mol. The Morgan fingerprint density at radius 1 is 1.25 bits per heavy atom. The summed E-state index contributed by atoms with van der Waals surface area (Å²) in [5.74, 6) is -0.0936. The normalized spacial score (nSPS) is 20.7. The number of carbonyl (C=O) groups is 1. The van der Waals surface area contributed by atoms with Crippen LogP contribution in [-0.4, -0.2) is 48.7 Å². The monoisotopic (exact) mass is 368 g/mol. The smallest absolute Gasteiger partial charge is 0.245 e. The molecule has 7 heteroatoms. The summed E-state index contributed by atoms with van der Waals surface area (Å²) in [4.78, 5) is 13.7. The third-order valence-corrected chi connectivity index (χ3v) is 7.63. The van der Waals surface area contributed by atoms with Crippen molar-refractivity contribution in [3.05, 3.63) is 41.4 Å². The van der Waals surface area contributed by atoms with Crippen molar-refractivity contribution < 1.29 is 13.2 Å². The van der Waals surface area contributed by atoms with E-state index in [1.165, 1.54) is 12.1 Å². The summed E-state index contributed by atoms with van der Waals surface area (Å²) in [5.41, 5.74) is 0.485. The minimum absolute atomic E-state index is 0.0936. The molecule has 0 N–H and O–H groups in total. The first-order chi connectivity index (χ1) is 11.3. The maximum Gasteiger partial charge on any atom is 0.245 e. The van der Waals surface area contributed by atoms with Crippen LogP contribution in [0.2, 0.25) is 5.02 Å². The molecule has 1 spiro atoms. The zero-order valence-electron chi connectivity index (χ0n) is 13.7. The van der Waals surface area contributed by atoms with Crippen molar-refractivity contribution in [1.29, 1.82) is 0 Å². The van der Waals surface area contributed by atoms with Gasteiger partial charge in [0.2, 0.25) is 15.9 Å². The van der Waals surface area contributed by atoms with Gasteiger partial charge >= 0.3 is 0 Å². The van der Waals surface area contributed by atoms with Gasteiger partial charge < -0.3 is 4.90 Å². The van der Waals surface area contributed by atoms with Gasteiger partial charge in [-0.25, -0.2) is 8.42 Å². The number of carbonyl (C=O) groups excluding carboxylic acids is 1. The van der Waals surface area contributed by atoms with Gasteiger partial charge in [0, 0.05) is 30.2 Å². The predicted molar refractivity (Wildman–Crippen MR) is 93.4 cm³/mol. The molecule has 0 bridgehead atoms. The Bertz CT molecular complexity index is 783. The quantitative estimate of drug-likeness (QED) is 0.770. The van der Waals surface area contributed by atoms with Crippen LogP contribution >= 0.6 is 11.6 Å². The summed E-state index contributed by atoms with van der Waals surface area (Å²) in [6, 6.07) is 4.86. The maximum atomic E-state index is 13.0. The second kappa shape index (κ2) is 6.17. The number of aryl methyl sites for hydroxylation is 1. The summed E-state index contributed by atoms with van der Waals surface area (Å²) in [6.45, 7) is 6.99. The molecule has 0 aliphatic carbocycles. The number of nitrogens with zero attached hydrogens (tertiary/aromatic N) is 2. The fraction of sp³-hybridized carbons (Fsp3) is 0.471. The Hall–Kier alpha value is -1.37. The molecule has 2 fully saturated rings. The largest absolute Gasteiger partial charge is 0.339 e. The fourth-order valence-corrected chi connectivity index (χ4v) is 5.65. The van der Waals surface area contributed by atoms with Crippen LogP contribution in [0.4, 0.5) is 0 Å². The van der Waals surface area contributed by atoms with Crippen molar-refractivity contribution in [3.8, 4) is 0 Å². The van der Waals surface area contributed by atoms with E-state index >= 15 is 0 Å². The summed E-state index contributed by atoms with van der Waals surface area (Å²) in [5, 5.41) is 0.456. The average molecular weight is 369 g/mol. The van der Waals surface area contributed by atoms with E-state index in [9.17, 15) is 13.2 Å². The van der Waals surface area contributed by atoms with Gasteiger partial charge in [-0.1, -0.05) is 24.2 Å². The number of rotatable bonds is 3. The Kier molecular flexibility index (Phi) is 4.49. The van der Waals surface area contributed by atoms with Crippen LogP contribution < -0.4 is 0 Å². The van der Waals surface area contributed by atoms with Gasteiger partial charge in [-0.05, 0) is 50.0 Å². The predicted octanol–water partition coefficient (Wildman–Crippen LogP) is 2.59. The lowest BCUT2D eigenvalue weighted by Gasteiger charge is -2.55. The van der Waals surface area contributed by atoms with Gasteiger partial charge in [0.25, 0.3) is 0 Å². The molecule has 0 aromatic heterocycles. The number of amides is 1. The second-order valence-electron chi connectivity index (χ2n) is 6.49. The first-order valence-electron chi connectivity index (χ1n) is 8.00. The summed E-state index contributed by atoms with van der Waals surface area (Å²) < 4.78 is 27.6. The van der Waals surface area contributed by atoms with Gasteiger partial charge in [-0.2, -0.15) is 4.31 Å². The summed E-state index contributed by atoms with van der Waals surface area (Å²) >= 11 is 6.10. The maximum absolute atomic E-state index is 13.0. The molecule has 1 aromatic rings. The molecule has 2 aliphatic rings. The molecule has 5 nitrogen and oxygen atoms in total. The third kappa shape index (κ3) is 2.76. The van der Waals surface area contributed by atoms with Crippen LogP contribution in [0.1, 0.15) is 24.8 Å². The number of benzene rings is 1. The van der Waals surface area contributed by atoms with Crippen molar-refractivity contribution in [2.75, 3.05) is 19.6 Å². The van der Waals surface area contributed by atoms with Crippen molar-refractivity contribution in [1.82, 2.24) is 9.21 Å². The molecule has 130 valence electrons. The molecule has 0 radical (unpaired) electrons. The standard InChI is InChI=1S/C17H21ClN2O3S/c1-3-16(21)19-9-6-17(7-10-19)8-11-20(17)24(22,23)14-5-4-13(2)15(18)12-14/h3-5,12H,1,6-11H2,2H3. The molecule has 2 aliphatic heterocycles. The summed E-state index contributed by atoms with van der Waals surface area (Å²) in [7, 11) is -3.57. The van der Waals surface area contributed by atoms with E-state index in [1.54, 1.807) is 21.3 Å². The van der Waals surface area contributed by atoms with Gasteiger partial charge in [0.05, 0.1) is 4.90 Å². The molecule has 2 heterocycles. The highest BCUT2D eigenvalue weighted by Crippen LogP contribution is 2.43. The average Bonchev–Trinajstić information content (AvgIpc) is 2.55. The number of sulfonamides is 1. The zero-order valence-corrected chi connectivity index (χ0v) is 15.2. The van der Waals surface area contributed by atoms with E-state index in [0.717, 1.165) is 12.0 Å². The van der Waals surface area contributed by atoms with Gasteiger partial charge in [0.15, 0.2) is 0 Å². The van der Waals surface area contributed by atoms with Gasteiger partial charge in [-0.3, -0.25) is 4.79 Å².